The quantitative estimate of drug-likeness (QED) is 0.900. The Hall–Kier alpha value is -1.20. The largest absolute Gasteiger partial charge is 0.342 e. The summed E-state index contributed by atoms with van der Waals surface area (Å²) in [6, 6.07) is 3.64. The number of amides is 1. The van der Waals surface area contributed by atoms with Crippen LogP contribution < -0.4 is 5.32 Å². The van der Waals surface area contributed by atoms with Crippen LogP contribution in [0.25, 0.3) is 0 Å². The molecule has 2 heterocycles. The van der Waals surface area contributed by atoms with Gasteiger partial charge < -0.3 is 10.2 Å². The van der Waals surface area contributed by atoms with Crippen molar-refractivity contribution in [1.29, 1.82) is 0 Å². The summed E-state index contributed by atoms with van der Waals surface area (Å²) >= 11 is 0. The number of rotatable bonds is 2. The van der Waals surface area contributed by atoms with Crippen LogP contribution in [-0.2, 0) is 11.2 Å². The zero-order chi connectivity index (χ0) is 13.4. The van der Waals surface area contributed by atoms with Crippen molar-refractivity contribution in [2.24, 2.45) is 11.8 Å². The number of benzene rings is 1. The third-order valence-electron chi connectivity index (χ3n) is 4.08. The minimum atomic E-state index is -0.896. The zero-order valence-electron chi connectivity index (χ0n) is 10.9. The van der Waals surface area contributed by atoms with Crippen molar-refractivity contribution in [3.05, 3.63) is 35.4 Å². The highest BCUT2D eigenvalue weighted by atomic mass is 35.5. The predicted molar refractivity (Wildman–Crippen MR) is 73.7 cm³/mol. The van der Waals surface area contributed by atoms with Crippen LogP contribution >= 0.6 is 12.4 Å². The zero-order valence-corrected chi connectivity index (χ0v) is 11.8. The molecule has 1 aromatic carbocycles. The van der Waals surface area contributed by atoms with Crippen LogP contribution in [-0.4, -0.2) is 37.0 Å². The molecule has 6 heteroatoms. The highest BCUT2D eigenvalue weighted by Crippen LogP contribution is 2.26. The van der Waals surface area contributed by atoms with Gasteiger partial charge in [-0.25, -0.2) is 8.78 Å². The van der Waals surface area contributed by atoms with Crippen LogP contribution in [0, 0.1) is 23.5 Å². The summed E-state index contributed by atoms with van der Waals surface area (Å²) in [5.74, 6) is -0.672. The lowest BCUT2D eigenvalue weighted by Gasteiger charge is -2.17. The van der Waals surface area contributed by atoms with E-state index in [0.29, 0.717) is 17.4 Å². The third-order valence-corrected chi connectivity index (χ3v) is 4.08. The van der Waals surface area contributed by atoms with E-state index in [9.17, 15) is 13.6 Å². The molecule has 0 aromatic heterocycles. The maximum absolute atomic E-state index is 13.1. The van der Waals surface area contributed by atoms with E-state index in [2.05, 4.69) is 5.32 Å². The molecule has 3 nitrogen and oxygen atoms in total. The maximum atomic E-state index is 13.1. The topological polar surface area (TPSA) is 32.3 Å². The summed E-state index contributed by atoms with van der Waals surface area (Å²) in [6.45, 7) is 3.50. The molecule has 3 rings (SSSR count). The smallest absolute Gasteiger partial charge is 0.227 e. The van der Waals surface area contributed by atoms with Gasteiger partial charge in [-0.1, -0.05) is 6.07 Å². The minimum Gasteiger partial charge on any atom is -0.342 e. The van der Waals surface area contributed by atoms with E-state index in [4.69, 9.17) is 0 Å². The fourth-order valence-electron chi connectivity index (χ4n) is 3.00. The first-order valence-electron chi connectivity index (χ1n) is 6.56. The summed E-state index contributed by atoms with van der Waals surface area (Å²) in [6.07, 6.45) is 0.143. The van der Waals surface area contributed by atoms with E-state index in [1.807, 2.05) is 4.90 Å². The van der Waals surface area contributed by atoms with Gasteiger partial charge in [-0.2, -0.15) is 0 Å². The number of carbonyl (C=O) groups excluding carboxylic acids is 1. The normalized spacial score (nSPS) is 24.4. The van der Waals surface area contributed by atoms with Gasteiger partial charge in [-0.05, 0) is 29.5 Å². The van der Waals surface area contributed by atoms with Gasteiger partial charge >= 0.3 is 0 Å². The molecule has 2 aliphatic heterocycles. The molecule has 2 aliphatic rings. The molecule has 0 unspecified atom stereocenters. The second-order valence-corrected chi connectivity index (χ2v) is 5.40. The van der Waals surface area contributed by atoms with Crippen LogP contribution in [0.5, 0.6) is 0 Å². The Kier molecular flexibility index (Phi) is 4.60. The molecule has 2 fully saturated rings. The molecular formula is C14H17ClF2N2O. The van der Waals surface area contributed by atoms with Gasteiger partial charge in [-0.15, -0.1) is 12.4 Å². The summed E-state index contributed by atoms with van der Waals surface area (Å²) in [7, 11) is 0. The first-order chi connectivity index (χ1) is 9.13. The lowest BCUT2D eigenvalue weighted by atomic mass is 10.0. The number of hydrogen-bond donors (Lipinski definition) is 1. The first-order valence-corrected chi connectivity index (χ1v) is 6.56. The highest BCUT2D eigenvalue weighted by molar-refractivity contribution is 5.85. The molecular weight excluding hydrogens is 286 g/mol. The van der Waals surface area contributed by atoms with Crippen LogP contribution in [0.3, 0.4) is 0 Å². The lowest BCUT2D eigenvalue weighted by molar-refractivity contribution is -0.129. The van der Waals surface area contributed by atoms with Crippen molar-refractivity contribution in [2.75, 3.05) is 26.2 Å². The van der Waals surface area contributed by atoms with Crippen LogP contribution in [0.2, 0.25) is 0 Å². The number of nitrogens with one attached hydrogen (secondary N) is 1. The van der Waals surface area contributed by atoms with Crippen LogP contribution in [0.15, 0.2) is 18.2 Å². The van der Waals surface area contributed by atoms with E-state index in [-0.39, 0.29) is 24.7 Å². The molecule has 2 saturated heterocycles. The summed E-state index contributed by atoms with van der Waals surface area (Å²) < 4.78 is 25.9. The van der Waals surface area contributed by atoms with Gasteiger partial charge in [0.1, 0.15) is 0 Å². The Labute approximate surface area is 122 Å². The van der Waals surface area contributed by atoms with E-state index in [0.717, 1.165) is 38.3 Å². The van der Waals surface area contributed by atoms with Gasteiger partial charge in [0.25, 0.3) is 0 Å². The fourth-order valence-corrected chi connectivity index (χ4v) is 3.00. The third kappa shape index (κ3) is 2.94. The average molecular weight is 303 g/mol. The number of fused-ring (bicyclic) bond motifs is 1. The Balaban J connectivity index is 0.00000147. The molecule has 0 radical (unpaired) electrons. The van der Waals surface area contributed by atoms with E-state index in [1.165, 1.54) is 6.07 Å². The molecule has 1 amide bonds. The second kappa shape index (κ2) is 6.06. The Morgan fingerprint density at radius 3 is 2.45 bits per heavy atom. The fraction of sp³-hybridized carbons (Fsp3) is 0.500. The number of likely N-dealkylation sites (tertiary alicyclic amines) is 1. The van der Waals surface area contributed by atoms with Crippen LogP contribution in [0.1, 0.15) is 5.56 Å². The van der Waals surface area contributed by atoms with Gasteiger partial charge in [0.2, 0.25) is 5.91 Å². The summed E-state index contributed by atoms with van der Waals surface area (Å²) in [5.41, 5.74) is 0.527. The Bertz CT molecular complexity index is 500. The van der Waals surface area contributed by atoms with E-state index in [1.54, 1.807) is 0 Å². The number of hydrogen-bond acceptors (Lipinski definition) is 2. The molecule has 2 atom stereocenters. The van der Waals surface area contributed by atoms with Crippen molar-refractivity contribution in [2.45, 2.75) is 6.42 Å². The number of carbonyl (C=O) groups is 1. The predicted octanol–water partition coefficient (Wildman–Crippen LogP) is 1.61. The van der Waals surface area contributed by atoms with Crippen molar-refractivity contribution < 1.29 is 13.6 Å². The van der Waals surface area contributed by atoms with Gasteiger partial charge in [0, 0.05) is 26.2 Å². The standard InChI is InChI=1S/C14H16F2N2O.ClH/c15-12-2-1-9(3-13(12)16)4-14(19)18-7-10-5-17-6-11(10)8-18;/h1-3,10-11,17H,4-8H2;1H/t10-,11+;. The van der Waals surface area contributed by atoms with Crippen molar-refractivity contribution in [1.82, 2.24) is 10.2 Å². The molecule has 20 heavy (non-hydrogen) atoms. The lowest BCUT2D eigenvalue weighted by Crippen LogP contribution is -2.33. The molecule has 0 aliphatic carbocycles. The van der Waals surface area contributed by atoms with Gasteiger partial charge in [-0.3, -0.25) is 4.79 Å². The molecule has 1 N–H and O–H groups in total. The monoisotopic (exact) mass is 302 g/mol. The molecule has 0 bridgehead atoms. The first kappa shape index (κ1) is 15.2. The van der Waals surface area contributed by atoms with Crippen molar-refractivity contribution in [3.8, 4) is 0 Å². The second-order valence-electron chi connectivity index (χ2n) is 5.40. The highest BCUT2D eigenvalue weighted by Gasteiger charge is 2.37. The summed E-state index contributed by atoms with van der Waals surface area (Å²) in [5, 5.41) is 3.32. The molecule has 1 aromatic rings. The van der Waals surface area contributed by atoms with Crippen LogP contribution in [0.4, 0.5) is 8.78 Å². The number of halogens is 3. The van der Waals surface area contributed by atoms with Crippen molar-refractivity contribution in [3.63, 3.8) is 0 Å². The Morgan fingerprint density at radius 1 is 1.20 bits per heavy atom. The SMILES string of the molecule is Cl.O=C(Cc1ccc(F)c(F)c1)N1C[C@H]2CNC[C@H]2C1. The minimum absolute atomic E-state index is 0. The average Bonchev–Trinajstić information content (AvgIpc) is 2.94. The van der Waals surface area contributed by atoms with Gasteiger partial charge in [0.05, 0.1) is 6.42 Å². The van der Waals surface area contributed by atoms with E-state index >= 15 is 0 Å². The molecule has 0 saturated carbocycles. The van der Waals surface area contributed by atoms with Crippen molar-refractivity contribution >= 4 is 18.3 Å². The maximum Gasteiger partial charge on any atom is 0.227 e. The van der Waals surface area contributed by atoms with E-state index < -0.39 is 11.6 Å². The van der Waals surface area contributed by atoms with Gasteiger partial charge in [0.15, 0.2) is 11.6 Å². The number of nitrogens with zero attached hydrogens (tertiary/aromatic N) is 1. The summed E-state index contributed by atoms with van der Waals surface area (Å²) in [4.78, 5) is 14.0. The molecule has 110 valence electrons. The Morgan fingerprint density at radius 2 is 1.85 bits per heavy atom. The molecule has 0 spiro atoms.